The van der Waals surface area contributed by atoms with Crippen molar-refractivity contribution in [2.24, 2.45) is 5.92 Å². The van der Waals surface area contributed by atoms with Crippen molar-refractivity contribution in [2.45, 2.75) is 44.4 Å². The highest BCUT2D eigenvalue weighted by Crippen LogP contribution is 2.33. The van der Waals surface area contributed by atoms with Gasteiger partial charge in [-0.15, -0.1) is 0 Å². The van der Waals surface area contributed by atoms with E-state index in [0.29, 0.717) is 18.8 Å². The van der Waals surface area contributed by atoms with Crippen molar-refractivity contribution in [3.8, 4) is 0 Å². The molecule has 1 fully saturated rings. The van der Waals surface area contributed by atoms with Crippen LogP contribution in [0.5, 0.6) is 0 Å². The predicted octanol–water partition coefficient (Wildman–Crippen LogP) is 3.50. The molecule has 21 heavy (non-hydrogen) atoms. The maximum Gasteiger partial charge on any atom is 0.451 e. The van der Waals surface area contributed by atoms with Crippen molar-refractivity contribution in [3.63, 3.8) is 0 Å². The highest BCUT2D eigenvalue weighted by molar-refractivity contribution is 6.29. The van der Waals surface area contributed by atoms with Gasteiger partial charge in [-0.2, -0.15) is 13.2 Å². The molecular weight excluding hydrogens is 307 g/mol. The summed E-state index contributed by atoms with van der Waals surface area (Å²) in [7, 11) is 0. The fourth-order valence-corrected chi connectivity index (χ4v) is 2.87. The first-order chi connectivity index (χ1) is 9.68. The number of aromatic nitrogens is 2. The minimum absolute atomic E-state index is 0.0334. The molecule has 0 aromatic carbocycles. The van der Waals surface area contributed by atoms with Gasteiger partial charge in [0.2, 0.25) is 5.82 Å². The van der Waals surface area contributed by atoms with Crippen molar-refractivity contribution in [2.75, 3.05) is 11.9 Å². The lowest BCUT2D eigenvalue weighted by Gasteiger charge is -2.35. The lowest BCUT2D eigenvalue weighted by atomic mass is 9.79. The first kappa shape index (κ1) is 16.3. The second kappa shape index (κ2) is 5.96. The lowest BCUT2D eigenvalue weighted by molar-refractivity contribution is -0.144. The number of nitrogens with one attached hydrogen (secondary N) is 1. The van der Waals surface area contributed by atoms with Gasteiger partial charge in [0, 0.05) is 12.6 Å². The number of hydrogen-bond donors (Lipinski definition) is 2. The van der Waals surface area contributed by atoms with E-state index < -0.39 is 17.6 Å². The normalized spacial score (nSPS) is 26.7. The molecule has 2 unspecified atom stereocenters. The molecular formula is C13H17ClF3N3O. The van der Waals surface area contributed by atoms with Crippen molar-refractivity contribution in [1.29, 1.82) is 0 Å². The van der Waals surface area contributed by atoms with E-state index in [1.807, 2.05) is 6.92 Å². The Morgan fingerprint density at radius 3 is 2.81 bits per heavy atom. The minimum Gasteiger partial charge on any atom is -0.388 e. The smallest absolute Gasteiger partial charge is 0.388 e. The molecule has 1 aliphatic carbocycles. The zero-order chi connectivity index (χ0) is 15.7. The fraction of sp³-hybridized carbons (Fsp3) is 0.692. The summed E-state index contributed by atoms with van der Waals surface area (Å²) in [5.74, 6) is -0.930. The third-order valence-electron chi connectivity index (χ3n) is 3.61. The summed E-state index contributed by atoms with van der Waals surface area (Å²) < 4.78 is 37.8. The van der Waals surface area contributed by atoms with Gasteiger partial charge >= 0.3 is 6.18 Å². The SMILES string of the molecule is CC1CCCC(O)(CNc2cc(Cl)nc(C(F)(F)F)n2)C1. The monoisotopic (exact) mass is 323 g/mol. The van der Waals surface area contributed by atoms with Crippen LogP contribution in [0.2, 0.25) is 5.15 Å². The van der Waals surface area contributed by atoms with Gasteiger partial charge in [0.15, 0.2) is 0 Å². The van der Waals surface area contributed by atoms with Crippen LogP contribution in [0.4, 0.5) is 19.0 Å². The Morgan fingerprint density at radius 1 is 1.48 bits per heavy atom. The molecule has 0 bridgehead atoms. The average Bonchev–Trinajstić information content (AvgIpc) is 2.34. The first-order valence-corrected chi connectivity index (χ1v) is 7.14. The number of alkyl halides is 3. The molecule has 1 aliphatic rings. The first-order valence-electron chi connectivity index (χ1n) is 6.76. The minimum atomic E-state index is -4.66. The molecule has 0 spiro atoms. The summed E-state index contributed by atoms with van der Waals surface area (Å²) in [6.07, 6.45) is -1.46. The van der Waals surface area contributed by atoms with E-state index in [2.05, 4.69) is 15.3 Å². The quantitative estimate of drug-likeness (QED) is 0.836. The number of rotatable bonds is 3. The molecule has 1 heterocycles. The molecule has 2 atom stereocenters. The van der Waals surface area contributed by atoms with Gasteiger partial charge in [0.1, 0.15) is 11.0 Å². The van der Waals surface area contributed by atoms with Crippen molar-refractivity contribution in [3.05, 3.63) is 17.0 Å². The molecule has 4 nitrogen and oxygen atoms in total. The maximum absolute atomic E-state index is 12.6. The van der Waals surface area contributed by atoms with Crippen LogP contribution in [0.1, 0.15) is 38.4 Å². The third-order valence-corrected chi connectivity index (χ3v) is 3.81. The molecule has 1 saturated carbocycles. The molecule has 1 aromatic heterocycles. The van der Waals surface area contributed by atoms with E-state index >= 15 is 0 Å². The Bertz CT molecular complexity index is 512. The van der Waals surface area contributed by atoms with Gasteiger partial charge in [-0.25, -0.2) is 9.97 Å². The van der Waals surface area contributed by atoms with E-state index in [0.717, 1.165) is 12.8 Å². The highest BCUT2D eigenvalue weighted by Gasteiger charge is 2.36. The summed E-state index contributed by atoms with van der Waals surface area (Å²) in [6.45, 7) is 2.19. The van der Waals surface area contributed by atoms with Crippen LogP contribution in [0.25, 0.3) is 0 Å². The Hall–Kier alpha value is -1.08. The van der Waals surface area contributed by atoms with Gasteiger partial charge < -0.3 is 10.4 Å². The summed E-state index contributed by atoms with van der Waals surface area (Å²) in [4.78, 5) is 6.55. The number of aliphatic hydroxyl groups is 1. The molecule has 1 aromatic rings. The van der Waals surface area contributed by atoms with Crippen LogP contribution in [-0.2, 0) is 6.18 Å². The van der Waals surface area contributed by atoms with Crippen LogP contribution in [-0.4, -0.2) is 27.2 Å². The molecule has 2 N–H and O–H groups in total. The van der Waals surface area contributed by atoms with E-state index in [1.54, 1.807) is 0 Å². The van der Waals surface area contributed by atoms with Crippen LogP contribution < -0.4 is 5.32 Å². The summed E-state index contributed by atoms with van der Waals surface area (Å²) in [5, 5.41) is 12.9. The van der Waals surface area contributed by atoms with Crippen LogP contribution in [0, 0.1) is 5.92 Å². The topological polar surface area (TPSA) is 58.0 Å². The highest BCUT2D eigenvalue weighted by atomic mass is 35.5. The number of anilines is 1. The third kappa shape index (κ3) is 4.44. The number of nitrogens with zero attached hydrogens (tertiary/aromatic N) is 2. The van der Waals surface area contributed by atoms with Crippen molar-refractivity contribution >= 4 is 17.4 Å². The van der Waals surface area contributed by atoms with Crippen LogP contribution in [0.3, 0.4) is 0 Å². The Labute approximate surface area is 125 Å². The van der Waals surface area contributed by atoms with Gasteiger partial charge in [0.05, 0.1) is 5.60 Å². The van der Waals surface area contributed by atoms with Gasteiger partial charge in [-0.05, 0) is 18.8 Å². The molecule has 118 valence electrons. The average molecular weight is 324 g/mol. The van der Waals surface area contributed by atoms with E-state index in [1.165, 1.54) is 6.07 Å². The van der Waals surface area contributed by atoms with Crippen molar-refractivity contribution < 1.29 is 18.3 Å². The summed E-state index contributed by atoms with van der Waals surface area (Å²) >= 11 is 5.58. The molecule has 0 radical (unpaired) electrons. The van der Waals surface area contributed by atoms with Crippen LogP contribution >= 0.6 is 11.6 Å². The zero-order valence-corrected chi connectivity index (χ0v) is 12.3. The maximum atomic E-state index is 12.6. The second-order valence-corrected chi connectivity index (χ2v) is 6.06. The number of halogens is 4. The molecule has 8 heteroatoms. The van der Waals surface area contributed by atoms with Crippen molar-refractivity contribution in [1.82, 2.24) is 9.97 Å². The molecule has 0 saturated heterocycles. The Kier molecular flexibility index (Phi) is 4.63. The van der Waals surface area contributed by atoms with Gasteiger partial charge in [-0.3, -0.25) is 0 Å². The predicted molar refractivity (Wildman–Crippen MR) is 73.1 cm³/mol. The van der Waals surface area contributed by atoms with E-state index in [-0.39, 0.29) is 17.5 Å². The fourth-order valence-electron chi connectivity index (χ4n) is 2.68. The van der Waals surface area contributed by atoms with Gasteiger partial charge in [-0.1, -0.05) is 31.4 Å². The molecule has 2 rings (SSSR count). The second-order valence-electron chi connectivity index (χ2n) is 5.68. The summed E-state index contributed by atoms with van der Waals surface area (Å²) in [6, 6.07) is 1.21. The van der Waals surface area contributed by atoms with E-state index in [9.17, 15) is 18.3 Å². The Morgan fingerprint density at radius 2 is 2.19 bits per heavy atom. The molecule has 0 aliphatic heterocycles. The lowest BCUT2D eigenvalue weighted by Crippen LogP contribution is -2.41. The van der Waals surface area contributed by atoms with Gasteiger partial charge in [0.25, 0.3) is 0 Å². The largest absolute Gasteiger partial charge is 0.451 e. The van der Waals surface area contributed by atoms with Crippen LogP contribution in [0.15, 0.2) is 6.07 Å². The zero-order valence-electron chi connectivity index (χ0n) is 11.5. The standard InChI is InChI=1S/C13H17ClF3N3O/c1-8-3-2-4-12(21,6-8)7-18-10-5-9(14)19-11(20-10)13(15,16)17/h5,8,21H,2-4,6-7H2,1H3,(H,18,19,20). The molecule has 0 amide bonds. The summed E-state index contributed by atoms with van der Waals surface area (Å²) in [5.41, 5.74) is -0.923. The van der Waals surface area contributed by atoms with E-state index in [4.69, 9.17) is 11.6 Å². The number of hydrogen-bond acceptors (Lipinski definition) is 4. The Balaban J connectivity index is 2.08.